The summed E-state index contributed by atoms with van der Waals surface area (Å²) in [6.07, 6.45) is 0.622. The highest BCUT2D eigenvalue weighted by atomic mass is 35.5. The van der Waals surface area contributed by atoms with Gasteiger partial charge in [-0.05, 0) is 48.4 Å². The van der Waals surface area contributed by atoms with E-state index in [0.29, 0.717) is 36.4 Å². The quantitative estimate of drug-likeness (QED) is 0.736. The van der Waals surface area contributed by atoms with Gasteiger partial charge in [0.05, 0.1) is 12.9 Å². The molecule has 2 unspecified atom stereocenters. The van der Waals surface area contributed by atoms with Crippen LogP contribution in [0.5, 0.6) is 5.75 Å². The summed E-state index contributed by atoms with van der Waals surface area (Å²) in [5, 5.41) is 3.15. The summed E-state index contributed by atoms with van der Waals surface area (Å²) in [7, 11) is -2.11. The molecule has 0 aromatic heterocycles. The monoisotopic (exact) mass is 432 g/mol. The molecule has 0 radical (unpaired) electrons. The summed E-state index contributed by atoms with van der Waals surface area (Å²) in [4.78, 5) is 0. The summed E-state index contributed by atoms with van der Waals surface area (Å²) in [5.74, 6) is -1.68. The van der Waals surface area contributed by atoms with E-state index in [-0.39, 0.29) is 24.1 Å². The molecule has 1 fully saturated rings. The number of hydrogen-bond acceptors (Lipinski definition) is 4. The van der Waals surface area contributed by atoms with E-state index in [9.17, 15) is 17.2 Å². The van der Waals surface area contributed by atoms with Crippen LogP contribution in [0.1, 0.15) is 23.5 Å². The van der Waals surface area contributed by atoms with Crippen molar-refractivity contribution in [3.05, 3.63) is 65.2 Å². The number of rotatable bonds is 6. The van der Waals surface area contributed by atoms with Gasteiger partial charge < -0.3 is 10.1 Å². The van der Waals surface area contributed by atoms with Gasteiger partial charge in [0, 0.05) is 18.5 Å². The van der Waals surface area contributed by atoms with Crippen molar-refractivity contribution < 1.29 is 21.9 Å². The van der Waals surface area contributed by atoms with Crippen LogP contribution >= 0.6 is 12.4 Å². The van der Waals surface area contributed by atoms with E-state index in [1.807, 2.05) is 0 Å². The van der Waals surface area contributed by atoms with Crippen LogP contribution in [0, 0.1) is 11.6 Å². The van der Waals surface area contributed by atoms with E-state index in [0.717, 1.165) is 12.1 Å². The first kappa shape index (κ1) is 22.5. The van der Waals surface area contributed by atoms with Gasteiger partial charge in [0.2, 0.25) is 10.0 Å². The van der Waals surface area contributed by atoms with E-state index in [1.165, 1.54) is 13.2 Å². The number of halogens is 3. The molecule has 28 heavy (non-hydrogen) atoms. The highest BCUT2D eigenvalue weighted by molar-refractivity contribution is 7.88. The van der Waals surface area contributed by atoms with Crippen molar-refractivity contribution in [1.29, 1.82) is 0 Å². The number of methoxy groups -OCH3 is 1. The van der Waals surface area contributed by atoms with Gasteiger partial charge in [-0.1, -0.05) is 18.2 Å². The van der Waals surface area contributed by atoms with Crippen molar-refractivity contribution in [1.82, 2.24) is 10.0 Å². The van der Waals surface area contributed by atoms with Crippen LogP contribution < -0.4 is 14.8 Å². The lowest BCUT2D eigenvalue weighted by Gasteiger charge is -2.33. The average Bonchev–Trinajstić information content (AvgIpc) is 2.64. The van der Waals surface area contributed by atoms with Gasteiger partial charge >= 0.3 is 0 Å². The third kappa shape index (κ3) is 5.64. The Morgan fingerprint density at radius 2 is 1.96 bits per heavy atom. The topological polar surface area (TPSA) is 67.4 Å². The minimum Gasteiger partial charge on any atom is -0.497 e. The maximum absolute atomic E-state index is 13.6. The molecule has 1 saturated heterocycles. The van der Waals surface area contributed by atoms with Gasteiger partial charge in [-0.2, -0.15) is 0 Å². The summed E-state index contributed by atoms with van der Waals surface area (Å²) < 4.78 is 60.0. The molecule has 154 valence electrons. The Morgan fingerprint density at radius 1 is 1.18 bits per heavy atom. The minimum absolute atomic E-state index is 0. The first-order valence-corrected chi connectivity index (χ1v) is 10.3. The van der Waals surface area contributed by atoms with Gasteiger partial charge in [-0.3, -0.25) is 0 Å². The number of hydrogen-bond donors (Lipinski definition) is 2. The maximum Gasteiger partial charge on any atom is 0.216 e. The van der Waals surface area contributed by atoms with Gasteiger partial charge in [0.25, 0.3) is 0 Å². The van der Waals surface area contributed by atoms with Crippen molar-refractivity contribution >= 4 is 22.4 Å². The van der Waals surface area contributed by atoms with E-state index in [2.05, 4.69) is 10.0 Å². The van der Waals surface area contributed by atoms with Crippen LogP contribution in [0.3, 0.4) is 0 Å². The molecule has 5 nitrogen and oxygen atoms in total. The average molecular weight is 433 g/mol. The van der Waals surface area contributed by atoms with E-state index >= 15 is 0 Å². The second kappa shape index (κ2) is 9.65. The maximum atomic E-state index is 13.6. The Hall–Kier alpha value is -1.74. The van der Waals surface area contributed by atoms with E-state index in [1.54, 1.807) is 24.3 Å². The molecule has 0 saturated carbocycles. The zero-order valence-corrected chi connectivity index (χ0v) is 17.0. The Labute approximate surface area is 169 Å². The lowest BCUT2D eigenvalue weighted by atomic mass is 9.86. The summed E-state index contributed by atoms with van der Waals surface area (Å²) in [6, 6.07) is 10.2. The number of ether oxygens (including phenoxy) is 1. The van der Waals surface area contributed by atoms with Gasteiger partial charge in [0.1, 0.15) is 5.75 Å². The molecular formula is C19H23ClF2N2O3S. The van der Waals surface area contributed by atoms with Gasteiger partial charge in [0.15, 0.2) is 11.6 Å². The Morgan fingerprint density at radius 3 is 2.68 bits per heavy atom. The highest BCUT2D eigenvalue weighted by Crippen LogP contribution is 2.27. The van der Waals surface area contributed by atoms with Crippen molar-refractivity contribution in [2.24, 2.45) is 0 Å². The fourth-order valence-corrected chi connectivity index (χ4v) is 4.79. The molecule has 3 rings (SSSR count). The summed E-state index contributed by atoms with van der Waals surface area (Å²) in [6.45, 7) is 1.10. The third-order valence-corrected chi connectivity index (χ3v) is 6.05. The zero-order chi connectivity index (χ0) is 19.4. The summed E-state index contributed by atoms with van der Waals surface area (Å²) >= 11 is 0. The first-order chi connectivity index (χ1) is 12.9. The number of benzene rings is 2. The lowest BCUT2D eigenvalue weighted by Crippen LogP contribution is -2.50. The second-order valence-electron chi connectivity index (χ2n) is 6.61. The minimum atomic E-state index is -3.63. The van der Waals surface area contributed by atoms with Crippen LogP contribution in [-0.4, -0.2) is 34.7 Å². The van der Waals surface area contributed by atoms with Crippen molar-refractivity contribution in [3.8, 4) is 5.75 Å². The number of piperidine rings is 1. The van der Waals surface area contributed by atoms with Crippen LogP contribution in [0.15, 0.2) is 42.5 Å². The SMILES string of the molecule is COc1cccc(CS(=O)(=O)NC2CNCCC2c2ccc(F)c(F)c2)c1.Cl. The van der Waals surface area contributed by atoms with Crippen molar-refractivity contribution in [2.45, 2.75) is 24.1 Å². The molecule has 2 N–H and O–H groups in total. The first-order valence-electron chi connectivity index (χ1n) is 8.66. The molecule has 2 aromatic rings. The van der Waals surface area contributed by atoms with Crippen LogP contribution in [0.4, 0.5) is 8.78 Å². The Kier molecular flexibility index (Phi) is 7.77. The normalized spacial score (nSPS) is 19.7. The van der Waals surface area contributed by atoms with Crippen molar-refractivity contribution in [2.75, 3.05) is 20.2 Å². The smallest absolute Gasteiger partial charge is 0.216 e. The Bertz CT molecular complexity index is 912. The van der Waals surface area contributed by atoms with Crippen LogP contribution in [0.25, 0.3) is 0 Å². The molecule has 0 aliphatic carbocycles. The molecule has 2 aromatic carbocycles. The second-order valence-corrected chi connectivity index (χ2v) is 8.36. The summed E-state index contributed by atoms with van der Waals surface area (Å²) in [5.41, 5.74) is 1.19. The third-order valence-electron chi connectivity index (χ3n) is 4.68. The predicted molar refractivity (Wildman–Crippen MR) is 106 cm³/mol. The molecule has 0 bridgehead atoms. The molecule has 2 atom stereocenters. The molecule has 0 amide bonds. The van der Waals surface area contributed by atoms with Gasteiger partial charge in [-0.15, -0.1) is 12.4 Å². The molecular weight excluding hydrogens is 410 g/mol. The fourth-order valence-electron chi connectivity index (χ4n) is 3.38. The lowest BCUT2D eigenvalue weighted by molar-refractivity contribution is 0.376. The molecule has 9 heteroatoms. The van der Waals surface area contributed by atoms with E-state index in [4.69, 9.17) is 4.74 Å². The largest absolute Gasteiger partial charge is 0.497 e. The van der Waals surface area contributed by atoms with E-state index < -0.39 is 27.7 Å². The molecule has 1 aliphatic heterocycles. The van der Waals surface area contributed by atoms with Gasteiger partial charge in [-0.25, -0.2) is 21.9 Å². The number of sulfonamides is 1. The van der Waals surface area contributed by atoms with Crippen LogP contribution in [0.2, 0.25) is 0 Å². The number of nitrogens with one attached hydrogen (secondary N) is 2. The molecule has 1 heterocycles. The van der Waals surface area contributed by atoms with Crippen LogP contribution in [-0.2, 0) is 15.8 Å². The molecule has 0 spiro atoms. The highest BCUT2D eigenvalue weighted by Gasteiger charge is 2.30. The predicted octanol–water partition coefficient (Wildman–Crippen LogP) is 2.96. The fraction of sp³-hybridized carbons (Fsp3) is 0.368. The van der Waals surface area contributed by atoms with Crippen molar-refractivity contribution in [3.63, 3.8) is 0 Å². The zero-order valence-electron chi connectivity index (χ0n) is 15.3. The molecule has 1 aliphatic rings. The Balaban J connectivity index is 0.00000280. The standard InChI is InChI=1S/C19H22F2N2O3S.ClH/c1-26-15-4-2-3-13(9-15)12-27(24,25)23-19-11-22-8-7-16(19)14-5-6-17(20)18(21)10-14;/h2-6,9-10,16,19,22-23H,7-8,11-12H2,1H3;1H.